The molecule has 0 saturated carbocycles. The van der Waals surface area contributed by atoms with Crippen molar-refractivity contribution in [2.45, 2.75) is 0 Å². The van der Waals surface area contributed by atoms with Crippen molar-refractivity contribution in [2.75, 3.05) is 0 Å². The lowest BCUT2D eigenvalue weighted by Crippen LogP contribution is -2.00. The molecule has 12 rings (SSSR count). The summed E-state index contributed by atoms with van der Waals surface area (Å²) in [6.07, 6.45) is 0. The predicted molar refractivity (Wildman–Crippen MR) is 238 cm³/mol. The highest BCUT2D eigenvalue weighted by molar-refractivity contribution is 6.19. The van der Waals surface area contributed by atoms with Crippen LogP contribution < -0.4 is 0 Å². The van der Waals surface area contributed by atoms with E-state index >= 15 is 0 Å². The highest BCUT2D eigenvalue weighted by Gasteiger charge is 2.24. The lowest BCUT2D eigenvalue weighted by molar-refractivity contribution is 0.669. The number of nitrogens with zero attached hydrogens (tertiary/aromatic N) is 4. The smallest absolute Gasteiger partial charge is 0.164 e. The Balaban J connectivity index is 1.21. The minimum atomic E-state index is 0.582. The lowest BCUT2D eigenvalue weighted by atomic mass is 9.97. The van der Waals surface area contributed by atoms with Gasteiger partial charge in [0, 0.05) is 32.8 Å². The van der Waals surface area contributed by atoms with Crippen LogP contribution >= 0.6 is 0 Å². The van der Waals surface area contributed by atoms with Crippen LogP contribution in [0.25, 0.3) is 116 Å². The van der Waals surface area contributed by atoms with E-state index in [0.717, 1.165) is 66.5 Å². The quantitative estimate of drug-likeness (QED) is 0.176. The maximum absolute atomic E-state index is 6.94. The first kappa shape index (κ1) is 32.4. The van der Waals surface area contributed by atoms with Crippen molar-refractivity contribution < 1.29 is 4.42 Å². The van der Waals surface area contributed by atoms with Gasteiger partial charge in [0.15, 0.2) is 17.5 Å². The molecule has 0 aliphatic carbocycles. The highest BCUT2D eigenvalue weighted by atomic mass is 16.3. The summed E-state index contributed by atoms with van der Waals surface area (Å²) in [5.74, 6) is 1.81. The van der Waals surface area contributed by atoms with Gasteiger partial charge in [-0.25, -0.2) is 15.0 Å². The molecule has 0 bridgehead atoms. The van der Waals surface area contributed by atoms with E-state index in [2.05, 4.69) is 132 Å². The largest absolute Gasteiger partial charge is 0.456 e. The molecule has 9 aromatic carbocycles. The van der Waals surface area contributed by atoms with Gasteiger partial charge in [-0.15, -0.1) is 0 Å². The first-order valence-corrected chi connectivity index (χ1v) is 19.5. The van der Waals surface area contributed by atoms with Gasteiger partial charge in [0.05, 0.1) is 22.1 Å². The predicted octanol–water partition coefficient (Wildman–Crippen LogP) is 13.8. The monoisotopic (exact) mass is 740 g/mol. The fourth-order valence-electron chi connectivity index (χ4n) is 8.67. The minimum Gasteiger partial charge on any atom is -0.456 e. The van der Waals surface area contributed by atoms with Crippen molar-refractivity contribution in [1.29, 1.82) is 0 Å². The normalized spacial score (nSPS) is 11.8. The summed E-state index contributed by atoms with van der Waals surface area (Å²) in [7, 11) is 0. The average molecular weight is 741 g/mol. The van der Waals surface area contributed by atoms with Crippen LogP contribution in [0.15, 0.2) is 199 Å². The summed E-state index contributed by atoms with van der Waals surface area (Å²) >= 11 is 0. The summed E-state index contributed by atoms with van der Waals surface area (Å²) in [5, 5.41) is 9.13. The molecule has 0 unspecified atom stereocenters. The Kier molecular flexibility index (Phi) is 7.16. The summed E-state index contributed by atoms with van der Waals surface area (Å²) in [6.45, 7) is 0. The number of hydrogen-bond acceptors (Lipinski definition) is 4. The third-order valence-electron chi connectivity index (χ3n) is 11.4. The molecule has 0 saturated heterocycles. The highest BCUT2D eigenvalue weighted by Crippen LogP contribution is 2.44. The van der Waals surface area contributed by atoms with Crippen LogP contribution in [0.2, 0.25) is 0 Å². The summed E-state index contributed by atoms with van der Waals surface area (Å²) in [4.78, 5) is 15.4. The Morgan fingerprint density at radius 3 is 1.71 bits per heavy atom. The molecule has 0 atom stereocenters. The maximum Gasteiger partial charge on any atom is 0.164 e. The van der Waals surface area contributed by atoms with Crippen molar-refractivity contribution in [3.8, 4) is 51.0 Å². The van der Waals surface area contributed by atoms with E-state index in [9.17, 15) is 0 Å². The summed E-state index contributed by atoms with van der Waals surface area (Å²) < 4.78 is 9.37. The van der Waals surface area contributed by atoms with E-state index in [-0.39, 0.29) is 0 Å². The Bertz CT molecular complexity index is 3510. The Morgan fingerprint density at radius 1 is 0.345 bits per heavy atom. The van der Waals surface area contributed by atoms with Gasteiger partial charge in [-0.05, 0) is 75.1 Å². The number of para-hydroxylation sites is 1. The molecule has 0 amide bonds. The number of hydrogen-bond donors (Lipinski definition) is 0. The third kappa shape index (κ3) is 5.14. The van der Waals surface area contributed by atoms with Gasteiger partial charge in [0.1, 0.15) is 11.2 Å². The first-order chi connectivity index (χ1) is 28.7. The molecule has 12 aromatic rings. The number of benzene rings is 9. The molecule has 0 radical (unpaired) electrons. The van der Waals surface area contributed by atoms with E-state index in [1.807, 2.05) is 66.7 Å². The molecule has 270 valence electrons. The van der Waals surface area contributed by atoms with Gasteiger partial charge in [0.25, 0.3) is 0 Å². The number of aromatic nitrogens is 4. The van der Waals surface area contributed by atoms with Crippen molar-refractivity contribution in [3.63, 3.8) is 0 Å². The molecule has 5 nitrogen and oxygen atoms in total. The van der Waals surface area contributed by atoms with Crippen LogP contribution in [0.3, 0.4) is 0 Å². The van der Waals surface area contributed by atoms with Crippen LogP contribution in [0.1, 0.15) is 0 Å². The van der Waals surface area contributed by atoms with Gasteiger partial charge >= 0.3 is 0 Å². The van der Waals surface area contributed by atoms with Crippen molar-refractivity contribution >= 4 is 65.3 Å². The molecule has 58 heavy (non-hydrogen) atoms. The zero-order chi connectivity index (χ0) is 38.2. The fraction of sp³-hybridized carbons (Fsp3) is 0. The Hall–Kier alpha value is -7.89. The van der Waals surface area contributed by atoms with Crippen molar-refractivity contribution in [2.24, 2.45) is 0 Å². The van der Waals surface area contributed by atoms with Gasteiger partial charge in [-0.3, -0.25) is 0 Å². The molecule has 5 heteroatoms. The second-order valence-corrected chi connectivity index (χ2v) is 14.8. The van der Waals surface area contributed by atoms with E-state index in [1.54, 1.807) is 0 Å². The molecule has 0 spiro atoms. The van der Waals surface area contributed by atoms with Gasteiger partial charge in [-0.2, -0.15) is 0 Å². The molecule has 0 fully saturated rings. The standard InChI is InChI=1S/C53H32N4O/c1-3-15-34(16-4-1)51-54-52(35-17-5-2-6-18-35)56-53(55-51)42-23-13-25-47-49(42)50-46(31-40(32-48(50)58-47)39-27-26-33-14-7-8-19-36(33)28-39)57-44-24-12-11-22-41(44)43-29-37-20-9-10-21-38(37)30-45(43)57/h1-32H. The SMILES string of the molecule is c1ccc(-c2nc(-c3ccccc3)nc(-c3cccc4oc5cc(-c6ccc7ccccc7c6)cc(-n6c7ccccc7c7cc8ccccc8cc76)c5c34)n2)cc1. The topological polar surface area (TPSA) is 56.7 Å². The second kappa shape index (κ2) is 12.8. The molecule has 3 aromatic heterocycles. The van der Waals surface area contributed by atoms with Crippen LogP contribution in [0.5, 0.6) is 0 Å². The third-order valence-corrected chi connectivity index (χ3v) is 11.4. The zero-order valence-corrected chi connectivity index (χ0v) is 31.2. The molecule has 0 aliphatic heterocycles. The van der Waals surface area contributed by atoms with Crippen LogP contribution in [-0.4, -0.2) is 19.5 Å². The summed E-state index contributed by atoms with van der Waals surface area (Å²) in [5.41, 5.74) is 9.72. The molecule has 0 aliphatic rings. The minimum absolute atomic E-state index is 0.582. The van der Waals surface area contributed by atoms with Crippen molar-refractivity contribution in [3.05, 3.63) is 194 Å². The Labute approximate surface area is 333 Å². The lowest BCUT2D eigenvalue weighted by Gasteiger charge is -2.14. The maximum atomic E-state index is 6.94. The molecule has 0 N–H and O–H groups in total. The van der Waals surface area contributed by atoms with Crippen LogP contribution in [-0.2, 0) is 0 Å². The number of fused-ring (bicyclic) bond motifs is 8. The molecule has 3 heterocycles. The summed E-state index contributed by atoms with van der Waals surface area (Å²) in [6, 6.07) is 68.1. The zero-order valence-electron chi connectivity index (χ0n) is 31.2. The average Bonchev–Trinajstić information content (AvgIpc) is 3.83. The van der Waals surface area contributed by atoms with Crippen LogP contribution in [0.4, 0.5) is 0 Å². The van der Waals surface area contributed by atoms with Gasteiger partial charge in [-0.1, -0.05) is 152 Å². The van der Waals surface area contributed by atoms with Gasteiger partial charge in [0.2, 0.25) is 0 Å². The first-order valence-electron chi connectivity index (χ1n) is 19.5. The van der Waals surface area contributed by atoms with E-state index in [4.69, 9.17) is 19.4 Å². The van der Waals surface area contributed by atoms with Crippen LogP contribution in [0, 0.1) is 0 Å². The van der Waals surface area contributed by atoms with E-state index in [0.29, 0.717) is 17.5 Å². The Morgan fingerprint density at radius 2 is 0.966 bits per heavy atom. The molecular formula is C53H32N4O. The fourth-order valence-corrected chi connectivity index (χ4v) is 8.67. The molecular weight excluding hydrogens is 709 g/mol. The van der Waals surface area contributed by atoms with E-state index in [1.165, 1.54) is 32.3 Å². The number of rotatable bonds is 5. The number of furan rings is 1. The van der Waals surface area contributed by atoms with Crippen molar-refractivity contribution in [1.82, 2.24) is 19.5 Å². The van der Waals surface area contributed by atoms with E-state index < -0.39 is 0 Å². The van der Waals surface area contributed by atoms with Gasteiger partial charge < -0.3 is 8.98 Å². The second-order valence-electron chi connectivity index (χ2n) is 14.8.